The quantitative estimate of drug-likeness (QED) is 0.610. The van der Waals surface area contributed by atoms with E-state index in [2.05, 4.69) is 20.6 Å². The van der Waals surface area contributed by atoms with Gasteiger partial charge in [0.1, 0.15) is 0 Å². The topological polar surface area (TPSA) is 84.0 Å². The monoisotopic (exact) mass is 338 g/mol. The van der Waals surface area contributed by atoms with Gasteiger partial charge in [-0.1, -0.05) is 11.8 Å². The lowest BCUT2D eigenvalue weighted by Crippen LogP contribution is -2.45. The Labute approximate surface area is 142 Å². The molecule has 0 spiro atoms. The van der Waals surface area contributed by atoms with Crippen LogP contribution in [0.3, 0.4) is 0 Å². The zero-order chi connectivity index (χ0) is 17.6. The summed E-state index contributed by atoms with van der Waals surface area (Å²) >= 11 is 1.50. The van der Waals surface area contributed by atoms with E-state index < -0.39 is 0 Å². The molecule has 1 heterocycles. The first kappa shape index (κ1) is 19.4. The number of nitrogens with zero attached hydrogens (tertiary/aromatic N) is 2. The normalized spacial score (nSPS) is 11.2. The van der Waals surface area contributed by atoms with E-state index in [4.69, 9.17) is 0 Å². The number of rotatable bonds is 6. The molecule has 0 fully saturated rings. The Morgan fingerprint density at radius 3 is 2.13 bits per heavy atom. The van der Waals surface area contributed by atoms with Crippen LogP contribution in [0.2, 0.25) is 0 Å². The van der Waals surface area contributed by atoms with Crippen LogP contribution in [0.4, 0.5) is 0 Å². The van der Waals surface area contributed by atoms with Gasteiger partial charge in [-0.3, -0.25) is 9.59 Å². The zero-order valence-electron chi connectivity index (χ0n) is 14.7. The van der Waals surface area contributed by atoms with Crippen LogP contribution in [-0.2, 0) is 16.0 Å². The van der Waals surface area contributed by atoms with Gasteiger partial charge in [-0.05, 0) is 52.9 Å². The minimum atomic E-state index is -0.299. The van der Waals surface area contributed by atoms with E-state index >= 15 is 0 Å². The third kappa shape index (κ3) is 6.99. The molecular weight excluding hydrogens is 312 g/mol. The maximum absolute atomic E-state index is 11.9. The van der Waals surface area contributed by atoms with Crippen LogP contribution in [-0.4, -0.2) is 40.1 Å². The van der Waals surface area contributed by atoms with Crippen molar-refractivity contribution in [1.82, 2.24) is 20.6 Å². The van der Waals surface area contributed by atoms with E-state index in [1.807, 2.05) is 40.9 Å². The number of aromatic nitrogens is 2. The Bertz CT molecular complexity index is 559. The summed E-state index contributed by atoms with van der Waals surface area (Å²) in [6.45, 7) is 9.55. The molecule has 0 radical (unpaired) electrons. The minimum absolute atomic E-state index is 0.00399. The van der Waals surface area contributed by atoms with Crippen molar-refractivity contribution in [3.63, 3.8) is 0 Å². The highest BCUT2D eigenvalue weighted by atomic mass is 32.2. The van der Waals surface area contributed by atoms with Gasteiger partial charge in [0.15, 0.2) is 5.16 Å². The van der Waals surface area contributed by atoms with Crippen molar-refractivity contribution in [2.24, 2.45) is 0 Å². The number of carbonyl (C=O) groups is 2. The highest BCUT2D eigenvalue weighted by Gasteiger charge is 2.15. The predicted octanol–water partition coefficient (Wildman–Crippen LogP) is 1.78. The largest absolute Gasteiger partial charge is 0.350 e. The van der Waals surface area contributed by atoms with E-state index in [9.17, 15) is 9.59 Å². The van der Waals surface area contributed by atoms with E-state index in [1.165, 1.54) is 11.8 Å². The number of nitrogens with one attached hydrogen (secondary N) is 2. The van der Waals surface area contributed by atoms with Crippen LogP contribution < -0.4 is 10.6 Å². The Morgan fingerprint density at radius 1 is 1.09 bits per heavy atom. The van der Waals surface area contributed by atoms with Gasteiger partial charge in [0, 0.05) is 23.3 Å². The van der Waals surface area contributed by atoms with Crippen LogP contribution in [0, 0.1) is 13.8 Å². The van der Waals surface area contributed by atoms with E-state index in [0.717, 1.165) is 22.1 Å². The van der Waals surface area contributed by atoms with Crippen molar-refractivity contribution >= 4 is 23.6 Å². The van der Waals surface area contributed by atoms with Gasteiger partial charge in [-0.25, -0.2) is 9.97 Å². The molecule has 7 heteroatoms. The Balaban J connectivity index is 2.50. The van der Waals surface area contributed by atoms with Crippen LogP contribution in [0.1, 0.15) is 44.1 Å². The number of hydrogen-bond donors (Lipinski definition) is 2. The van der Waals surface area contributed by atoms with Gasteiger partial charge in [0.2, 0.25) is 11.8 Å². The number of amides is 2. The van der Waals surface area contributed by atoms with E-state index in [0.29, 0.717) is 12.8 Å². The second-order valence-corrected chi connectivity index (χ2v) is 7.21. The standard InChI is InChI=1S/C16H26N4O2S/c1-10-12(11(2)19-15(18-10)23-6)7-8-13(21)17-9-14(22)20-16(3,4)5/h7-9H2,1-6H3,(H,17,21)(H,20,22). The first-order valence-electron chi connectivity index (χ1n) is 7.58. The van der Waals surface area contributed by atoms with Crippen LogP contribution in [0.5, 0.6) is 0 Å². The average molecular weight is 338 g/mol. The first-order chi connectivity index (χ1) is 10.6. The second-order valence-electron chi connectivity index (χ2n) is 6.43. The number of hydrogen-bond acceptors (Lipinski definition) is 5. The summed E-state index contributed by atoms with van der Waals surface area (Å²) < 4.78 is 0. The Morgan fingerprint density at radius 2 is 1.65 bits per heavy atom. The molecule has 0 bridgehead atoms. The molecule has 23 heavy (non-hydrogen) atoms. The summed E-state index contributed by atoms with van der Waals surface area (Å²) in [6, 6.07) is 0. The van der Waals surface area contributed by atoms with Crippen LogP contribution in [0.25, 0.3) is 0 Å². The van der Waals surface area contributed by atoms with E-state index in [1.54, 1.807) is 0 Å². The summed E-state index contributed by atoms with van der Waals surface area (Å²) in [5.41, 5.74) is 2.50. The Kier molecular flexibility index (Phi) is 7.00. The van der Waals surface area contributed by atoms with Crippen LogP contribution >= 0.6 is 11.8 Å². The molecule has 2 amide bonds. The molecule has 0 atom stereocenters. The van der Waals surface area contributed by atoms with Gasteiger partial charge in [-0.15, -0.1) is 0 Å². The molecule has 1 rings (SSSR count). The second kappa shape index (κ2) is 8.29. The predicted molar refractivity (Wildman–Crippen MR) is 92.5 cm³/mol. The number of aryl methyl sites for hydroxylation is 2. The molecule has 1 aromatic rings. The fraction of sp³-hybridized carbons (Fsp3) is 0.625. The fourth-order valence-electron chi connectivity index (χ4n) is 2.13. The molecule has 1 aromatic heterocycles. The third-order valence-electron chi connectivity index (χ3n) is 3.15. The number of thioether (sulfide) groups is 1. The van der Waals surface area contributed by atoms with Crippen molar-refractivity contribution in [3.8, 4) is 0 Å². The van der Waals surface area contributed by atoms with Gasteiger partial charge in [0.25, 0.3) is 0 Å². The average Bonchev–Trinajstić information content (AvgIpc) is 2.42. The van der Waals surface area contributed by atoms with Crippen molar-refractivity contribution in [1.29, 1.82) is 0 Å². The molecular formula is C16H26N4O2S. The molecule has 6 nitrogen and oxygen atoms in total. The molecule has 0 saturated heterocycles. The van der Waals surface area contributed by atoms with E-state index in [-0.39, 0.29) is 23.9 Å². The summed E-state index contributed by atoms with van der Waals surface area (Å²) in [4.78, 5) is 32.4. The number of carbonyl (C=O) groups excluding carboxylic acids is 2. The molecule has 0 aliphatic heterocycles. The molecule has 0 aliphatic carbocycles. The van der Waals surface area contributed by atoms with Gasteiger partial charge < -0.3 is 10.6 Å². The summed E-state index contributed by atoms with van der Waals surface area (Å²) in [5, 5.41) is 6.19. The highest BCUT2D eigenvalue weighted by molar-refractivity contribution is 7.98. The van der Waals surface area contributed by atoms with Crippen molar-refractivity contribution < 1.29 is 9.59 Å². The maximum Gasteiger partial charge on any atom is 0.239 e. The first-order valence-corrected chi connectivity index (χ1v) is 8.80. The third-order valence-corrected chi connectivity index (χ3v) is 3.69. The maximum atomic E-state index is 11.9. The molecule has 128 valence electrons. The lowest BCUT2D eigenvalue weighted by atomic mass is 10.1. The smallest absolute Gasteiger partial charge is 0.239 e. The van der Waals surface area contributed by atoms with Crippen molar-refractivity contribution in [2.45, 2.75) is 58.2 Å². The highest BCUT2D eigenvalue weighted by Crippen LogP contribution is 2.16. The SMILES string of the molecule is CSc1nc(C)c(CCC(=O)NCC(=O)NC(C)(C)C)c(C)n1. The van der Waals surface area contributed by atoms with Gasteiger partial charge in [-0.2, -0.15) is 0 Å². The molecule has 0 saturated carbocycles. The molecule has 0 aliphatic rings. The fourth-order valence-corrected chi connectivity index (χ4v) is 2.59. The summed E-state index contributed by atoms with van der Waals surface area (Å²) in [6.07, 6.45) is 2.81. The lowest BCUT2D eigenvalue weighted by Gasteiger charge is -2.20. The molecule has 0 unspecified atom stereocenters. The van der Waals surface area contributed by atoms with Crippen molar-refractivity contribution in [3.05, 3.63) is 17.0 Å². The summed E-state index contributed by atoms with van der Waals surface area (Å²) in [5.74, 6) is -0.340. The zero-order valence-corrected chi connectivity index (χ0v) is 15.6. The minimum Gasteiger partial charge on any atom is -0.350 e. The molecule has 0 aromatic carbocycles. The van der Waals surface area contributed by atoms with Crippen molar-refractivity contribution in [2.75, 3.05) is 12.8 Å². The molecule has 2 N–H and O–H groups in total. The van der Waals surface area contributed by atoms with Gasteiger partial charge in [0.05, 0.1) is 6.54 Å². The van der Waals surface area contributed by atoms with Crippen LogP contribution in [0.15, 0.2) is 5.16 Å². The van der Waals surface area contributed by atoms with Gasteiger partial charge >= 0.3 is 0 Å². The Hall–Kier alpha value is -1.63. The summed E-state index contributed by atoms with van der Waals surface area (Å²) in [7, 11) is 0. The lowest BCUT2D eigenvalue weighted by molar-refractivity contribution is -0.126.